The Kier molecular flexibility index (Phi) is 75.7. The fraction of sp³-hybridized carbons (Fsp3) is 0.874. The molecule has 0 rings (SSSR count). The fourth-order valence-electron chi connectivity index (χ4n) is 12.9. The van der Waals surface area contributed by atoms with E-state index in [-0.39, 0.29) is 32.2 Å². The van der Waals surface area contributed by atoms with Crippen LogP contribution in [0.1, 0.15) is 431 Å². The number of esters is 2. The lowest BCUT2D eigenvalue weighted by atomic mass is 10.0. The van der Waals surface area contributed by atoms with Crippen LogP contribution in [0, 0.1) is 0 Å². The van der Waals surface area contributed by atoms with Gasteiger partial charge in [-0.1, -0.05) is 416 Å². The van der Waals surface area contributed by atoms with Crippen molar-refractivity contribution in [3.63, 3.8) is 0 Å². The minimum atomic E-state index is -1.62. The Balaban J connectivity index is 3.91. The number of allylic oxidation sites excluding steroid dienone is 8. The van der Waals surface area contributed by atoms with Gasteiger partial charge in [0.2, 0.25) is 0 Å². The summed E-state index contributed by atoms with van der Waals surface area (Å²) in [6, 6.07) is 0. The highest BCUT2D eigenvalue weighted by Crippen LogP contribution is 2.21. The fourth-order valence-corrected chi connectivity index (χ4v) is 12.9. The molecule has 0 bridgehead atoms. The predicted octanol–water partition coefficient (Wildman–Crippen LogP) is 25.9. The predicted molar refractivity (Wildman–Crippen MR) is 412 cm³/mol. The summed E-state index contributed by atoms with van der Waals surface area (Å²) in [5, 5.41) is 11.9. The molecule has 0 fully saturated rings. The second-order valence-corrected chi connectivity index (χ2v) is 30.1. The lowest BCUT2D eigenvalue weighted by Gasteiger charge is -2.26. The molecule has 0 aliphatic carbocycles. The number of carboxylic acid groups (broad SMARTS) is 1. The highest BCUT2D eigenvalue weighted by atomic mass is 16.7. The number of carbonyl (C=O) groups is 3. The van der Waals surface area contributed by atoms with Crippen LogP contribution < -0.4 is 5.11 Å². The summed E-state index contributed by atoms with van der Waals surface area (Å²) >= 11 is 0. The molecule has 0 aliphatic rings. The molecule has 0 aromatic rings. The SMILES string of the molecule is CC/C=C\C/C=C\C/C=C\C/C=C\CCCCCCCCCCCCCCCCCCCCC(=O)OC(COC(=O)CCCCCCCCCCCCCCCCCCCCCCCCCCCCCCCCCCCCCCCCCC)COC(OCC[N+](C)(C)C)C(=O)[O-]. The van der Waals surface area contributed by atoms with Crippen LogP contribution in [0.2, 0.25) is 0 Å². The zero-order valence-corrected chi connectivity index (χ0v) is 64.8. The van der Waals surface area contributed by atoms with Crippen LogP contribution in [0.3, 0.4) is 0 Å². The molecule has 0 aliphatic heterocycles. The lowest BCUT2D eigenvalue weighted by Crippen LogP contribution is -2.44. The smallest absolute Gasteiger partial charge is 0.306 e. The molecule has 0 saturated heterocycles. The number of hydrogen-bond acceptors (Lipinski definition) is 8. The molecule has 0 radical (unpaired) electrons. The summed E-state index contributed by atoms with van der Waals surface area (Å²) in [7, 11) is 5.95. The largest absolute Gasteiger partial charge is 0.545 e. The molecule has 0 aromatic carbocycles. The molecule has 0 aromatic heterocycles. The molecule has 564 valence electrons. The van der Waals surface area contributed by atoms with Gasteiger partial charge in [0.25, 0.3) is 0 Å². The van der Waals surface area contributed by atoms with E-state index in [9.17, 15) is 19.5 Å². The second kappa shape index (κ2) is 78.0. The average Bonchev–Trinajstić information content (AvgIpc) is 2.59. The van der Waals surface area contributed by atoms with E-state index in [2.05, 4.69) is 62.5 Å². The standard InChI is InChI=1S/C87H163NO8/c1-6-8-10-12-14-16-18-20-22-24-26-28-30-32-34-36-38-39-40-41-42-43-44-45-46-48-49-51-53-55-57-59-61-63-65-67-69-71-73-75-77-84(89)94-81-83(82-95-87(86(91)92)93-80-79-88(3,4)5)96-85(90)78-76-74-72-70-68-66-64-62-60-58-56-54-52-50-47-37-35-33-31-29-27-25-23-21-19-17-15-13-11-9-7-2/h9,11,15,17,21,23,27,29,83,87H,6-8,10,12-14,16,18-20,22,24-26,28,30-82H2,1-5H3/b11-9-,17-15-,23-21-,29-27-. The second-order valence-electron chi connectivity index (χ2n) is 30.1. The number of likely N-dealkylation sites (N-methyl/N-ethyl adjacent to an activating group) is 1. The molecular weight excluding hydrogens is 1190 g/mol. The van der Waals surface area contributed by atoms with Gasteiger partial charge in [0.1, 0.15) is 13.2 Å². The normalized spacial score (nSPS) is 12.8. The Morgan fingerprint density at radius 3 is 0.885 bits per heavy atom. The van der Waals surface area contributed by atoms with Crippen molar-refractivity contribution in [3.05, 3.63) is 48.6 Å². The maximum Gasteiger partial charge on any atom is 0.306 e. The average molecular weight is 1350 g/mol. The third kappa shape index (κ3) is 78.6. The van der Waals surface area contributed by atoms with Gasteiger partial charge in [-0.15, -0.1) is 0 Å². The van der Waals surface area contributed by atoms with Crippen molar-refractivity contribution in [2.75, 3.05) is 47.5 Å². The Hall–Kier alpha value is -2.75. The Morgan fingerprint density at radius 1 is 0.323 bits per heavy atom. The Bertz CT molecular complexity index is 1720. The summed E-state index contributed by atoms with van der Waals surface area (Å²) in [6.07, 6.45) is 99.8. The zero-order chi connectivity index (χ0) is 69.7. The molecular formula is C87H163NO8. The van der Waals surface area contributed by atoms with Crippen molar-refractivity contribution in [1.82, 2.24) is 0 Å². The Morgan fingerprint density at radius 2 is 0.594 bits per heavy atom. The summed E-state index contributed by atoms with van der Waals surface area (Å²) in [5.74, 6) is -2.25. The molecule has 9 heteroatoms. The van der Waals surface area contributed by atoms with Crippen LogP contribution in [0.25, 0.3) is 0 Å². The van der Waals surface area contributed by atoms with Gasteiger partial charge in [-0.2, -0.15) is 0 Å². The van der Waals surface area contributed by atoms with Crippen molar-refractivity contribution in [2.45, 2.75) is 444 Å². The van der Waals surface area contributed by atoms with Gasteiger partial charge in [0.05, 0.1) is 40.3 Å². The van der Waals surface area contributed by atoms with Gasteiger partial charge in [-0.25, -0.2) is 0 Å². The van der Waals surface area contributed by atoms with Gasteiger partial charge in [0, 0.05) is 12.8 Å². The minimum Gasteiger partial charge on any atom is -0.545 e. The van der Waals surface area contributed by atoms with Gasteiger partial charge in [0.15, 0.2) is 12.4 Å². The number of rotatable bonds is 80. The number of aliphatic carboxylic acids is 1. The zero-order valence-electron chi connectivity index (χ0n) is 64.8. The number of hydrogen-bond donors (Lipinski definition) is 0. The van der Waals surface area contributed by atoms with Crippen molar-refractivity contribution in [3.8, 4) is 0 Å². The van der Waals surface area contributed by atoms with Gasteiger partial charge in [-0.3, -0.25) is 9.59 Å². The van der Waals surface area contributed by atoms with Crippen molar-refractivity contribution >= 4 is 17.9 Å². The molecule has 9 nitrogen and oxygen atoms in total. The first-order valence-electron chi connectivity index (χ1n) is 42.3. The molecule has 96 heavy (non-hydrogen) atoms. The van der Waals surface area contributed by atoms with Crippen LogP contribution >= 0.6 is 0 Å². The monoisotopic (exact) mass is 1350 g/mol. The minimum absolute atomic E-state index is 0.150. The molecule has 2 unspecified atom stereocenters. The van der Waals surface area contributed by atoms with E-state index in [0.29, 0.717) is 23.9 Å². The van der Waals surface area contributed by atoms with Crippen molar-refractivity contribution in [2.24, 2.45) is 0 Å². The van der Waals surface area contributed by atoms with Crippen LogP contribution in [-0.4, -0.2) is 82.3 Å². The first kappa shape index (κ1) is 93.2. The first-order chi connectivity index (χ1) is 47.1. The summed E-state index contributed by atoms with van der Waals surface area (Å²) < 4.78 is 22.9. The van der Waals surface area contributed by atoms with E-state index in [1.807, 2.05) is 21.1 Å². The first-order valence-corrected chi connectivity index (χ1v) is 42.3. The van der Waals surface area contributed by atoms with E-state index in [1.54, 1.807) is 0 Å². The van der Waals surface area contributed by atoms with Crippen LogP contribution in [0.5, 0.6) is 0 Å². The Labute approximate surface area is 597 Å². The molecule has 0 saturated carbocycles. The topological polar surface area (TPSA) is 111 Å². The van der Waals surface area contributed by atoms with Crippen LogP contribution in [0.15, 0.2) is 48.6 Å². The van der Waals surface area contributed by atoms with E-state index >= 15 is 0 Å². The summed E-state index contributed by atoms with van der Waals surface area (Å²) in [4.78, 5) is 37.6. The molecule has 0 heterocycles. The maximum atomic E-state index is 13.0. The highest BCUT2D eigenvalue weighted by molar-refractivity contribution is 5.70. The molecule has 0 amide bonds. The van der Waals surface area contributed by atoms with E-state index < -0.39 is 24.3 Å². The van der Waals surface area contributed by atoms with E-state index in [1.165, 1.54) is 340 Å². The number of quaternary nitrogens is 1. The number of carboxylic acids is 1. The maximum absolute atomic E-state index is 13.0. The third-order valence-corrected chi connectivity index (χ3v) is 19.3. The molecule has 0 N–H and O–H groups in total. The quantitative estimate of drug-likeness (QED) is 0.0195. The van der Waals surface area contributed by atoms with E-state index in [4.69, 9.17) is 18.9 Å². The van der Waals surface area contributed by atoms with Gasteiger partial charge >= 0.3 is 11.9 Å². The van der Waals surface area contributed by atoms with Crippen molar-refractivity contribution < 1.29 is 42.9 Å². The lowest BCUT2D eigenvalue weighted by molar-refractivity contribution is -0.870. The number of carbonyl (C=O) groups excluding carboxylic acids is 3. The summed E-state index contributed by atoms with van der Waals surface area (Å²) in [5.41, 5.74) is 0. The van der Waals surface area contributed by atoms with Gasteiger partial charge in [-0.05, 0) is 51.4 Å². The van der Waals surface area contributed by atoms with E-state index in [0.717, 1.165) is 57.8 Å². The van der Waals surface area contributed by atoms with Crippen LogP contribution in [-0.2, 0) is 33.3 Å². The number of ether oxygens (including phenoxy) is 4. The van der Waals surface area contributed by atoms with Gasteiger partial charge < -0.3 is 33.3 Å². The van der Waals surface area contributed by atoms with Crippen molar-refractivity contribution in [1.29, 1.82) is 0 Å². The number of nitrogens with zero attached hydrogens (tertiary/aromatic N) is 1. The molecule has 2 atom stereocenters. The third-order valence-electron chi connectivity index (χ3n) is 19.3. The molecule has 0 spiro atoms. The highest BCUT2D eigenvalue weighted by Gasteiger charge is 2.22. The number of unbranched alkanes of at least 4 members (excludes halogenated alkanes) is 57. The summed E-state index contributed by atoms with van der Waals surface area (Å²) in [6.45, 7) is 4.72. The van der Waals surface area contributed by atoms with Crippen LogP contribution in [0.4, 0.5) is 0 Å².